The van der Waals surface area contributed by atoms with Crippen LogP contribution in [-0.4, -0.2) is 55.2 Å². The van der Waals surface area contributed by atoms with E-state index in [4.69, 9.17) is 9.05 Å². The Morgan fingerprint density at radius 2 is 1.71 bits per heavy atom. The topological polar surface area (TPSA) is 84.9 Å². The molecule has 21 heavy (non-hydrogen) atoms. The maximum absolute atomic E-state index is 12.2. The number of nitrogens with one attached hydrogen (secondary N) is 1. The maximum atomic E-state index is 12.2. The second-order valence-electron chi connectivity index (χ2n) is 4.95. The van der Waals surface area contributed by atoms with Gasteiger partial charge in [-0.1, -0.05) is 0 Å². The Labute approximate surface area is 125 Å². The molecule has 1 saturated heterocycles. The number of hydrogen-bond donors (Lipinski definition) is 1. The number of amides is 2. The van der Waals surface area contributed by atoms with E-state index >= 15 is 0 Å². The van der Waals surface area contributed by atoms with Crippen molar-refractivity contribution in [3.63, 3.8) is 0 Å². The fraction of sp³-hybridized carbons (Fsp3) is 0.846. The minimum atomic E-state index is -3.35. The van der Waals surface area contributed by atoms with Crippen LogP contribution in [-0.2, 0) is 23.2 Å². The third kappa shape index (κ3) is 6.16. The Bertz CT molecular complexity index is 397. The van der Waals surface area contributed by atoms with Gasteiger partial charge in [-0.05, 0) is 26.7 Å². The zero-order valence-electron chi connectivity index (χ0n) is 13.0. The highest BCUT2D eigenvalue weighted by atomic mass is 31.2. The molecular formula is C13H25N2O5P. The fourth-order valence-corrected chi connectivity index (χ4v) is 3.80. The monoisotopic (exact) mass is 320 g/mol. The molecule has 122 valence electrons. The average molecular weight is 320 g/mol. The van der Waals surface area contributed by atoms with E-state index in [0.717, 1.165) is 0 Å². The predicted octanol–water partition coefficient (Wildman–Crippen LogP) is 1.38. The Hall–Kier alpha value is -0.910. The van der Waals surface area contributed by atoms with Crippen LogP contribution in [0.1, 0.15) is 33.6 Å². The standard InChI is InChI=1S/C13H25N2O5P/c1-4-19-21(18,20-5-2)10-13(17)14-12-6-8-15(9-7-12)11(3)16/h12H,4-10H2,1-3H3,(H,14,17). The van der Waals surface area contributed by atoms with Gasteiger partial charge in [-0.15, -0.1) is 0 Å². The van der Waals surface area contributed by atoms with E-state index in [0.29, 0.717) is 25.9 Å². The molecule has 1 heterocycles. The lowest BCUT2D eigenvalue weighted by molar-refractivity contribution is -0.130. The van der Waals surface area contributed by atoms with Gasteiger partial charge in [-0.25, -0.2) is 0 Å². The summed E-state index contributed by atoms with van der Waals surface area (Å²) in [4.78, 5) is 25.0. The van der Waals surface area contributed by atoms with Crippen LogP contribution in [0.2, 0.25) is 0 Å². The third-order valence-corrected chi connectivity index (χ3v) is 5.27. The van der Waals surface area contributed by atoms with Gasteiger partial charge in [0.05, 0.1) is 13.2 Å². The first-order valence-corrected chi connectivity index (χ1v) is 9.06. The van der Waals surface area contributed by atoms with Crippen molar-refractivity contribution in [2.75, 3.05) is 32.5 Å². The second-order valence-corrected chi connectivity index (χ2v) is 7.01. The van der Waals surface area contributed by atoms with Crippen molar-refractivity contribution >= 4 is 19.4 Å². The first-order valence-electron chi connectivity index (χ1n) is 7.33. The second kappa shape index (κ2) is 8.51. The lowest BCUT2D eigenvalue weighted by Crippen LogP contribution is -2.46. The zero-order valence-corrected chi connectivity index (χ0v) is 13.9. The van der Waals surface area contributed by atoms with Gasteiger partial charge in [0.25, 0.3) is 0 Å². The fourth-order valence-electron chi connectivity index (χ4n) is 2.31. The molecule has 0 spiro atoms. The summed E-state index contributed by atoms with van der Waals surface area (Å²) in [5, 5.41) is 2.84. The number of piperidine rings is 1. The van der Waals surface area contributed by atoms with Crippen molar-refractivity contribution in [3.8, 4) is 0 Å². The van der Waals surface area contributed by atoms with Crippen LogP contribution in [0.3, 0.4) is 0 Å². The van der Waals surface area contributed by atoms with Gasteiger partial charge in [0.15, 0.2) is 0 Å². The normalized spacial score (nSPS) is 16.8. The van der Waals surface area contributed by atoms with Gasteiger partial charge in [-0.3, -0.25) is 14.2 Å². The Kier molecular flexibility index (Phi) is 7.35. The van der Waals surface area contributed by atoms with E-state index in [1.54, 1.807) is 25.7 Å². The van der Waals surface area contributed by atoms with E-state index in [9.17, 15) is 14.2 Å². The molecule has 1 aliphatic rings. The molecular weight excluding hydrogens is 295 g/mol. The lowest BCUT2D eigenvalue weighted by atomic mass is 10.1. The van der Waals surface area contributed by atoms with Crippen molar-refractivity contribution in [1.29, 1.82) is 0 Å². The summed E-state index contributed by atoms with van der Waals surface area (Å²) in [6.07, 6.45) is 1.15. The molecule has 8 heteroatoms. The molecule has 0 bridgehead atoms. The smallest absolute Gasteiger partial charge is 0.340 e. The molecule has 0 aromatic heterocycles. The van der Waals surface area contributed by atoms with Crippen LogP contribution in [0.25, 0.3) is 0 Å². The first-order chi connectivity index (χ1) is 9.90. The van der Waals surface area contributed by atoms with Gasteiger partial charge >= 0.3 is 7.60 Å². The van der Waals surface area contributed by atoms with Crippen LogP contribution >= 0.6 is 7.60 Å². The Morgan fingerprint density at radius 3 is 2.14 bits per heavy atom. The molecule has 0 radical (unpaired) electrons. The van der Waals surface area contributed by atoms with Crippen LogP contribution in [0.4, 0.5) is 0 Å². The highest BCUT2D eigenvalue weighted by Crippen LogP contribution is 2.47. The molecule has 1 rings (SSSR count). The molecule has 0 saturated carbocycles. The highest BCUT2D eigenvalue weighted by molar-refractivity contribution is 7.54. The largest absolute Gasteiger partial charge is 0.353 e. The van der Waals surface area contributed by atoms with Crippen LogP contribution in [0, 0.1) is 0 Å². The summed E-state index contributed by atoms with van der Waals surface area (Å²) < 4.78 is 22.4. The summed E-state index contributed by atoms with van der Waals surface area (Å²) in [5.74, 6) is -0.279. The van der Waals surface area contributed by atoms with Crippen LogP contribution in [0.5, 0.6) is 0 Å². The highest BCUT2D eigenvalue weighted by Gasteiger charge is 2.29. The molecule has 7 nitrogen and oxygen atoms in total. The molecule has 0 atom stereocenters. The quantitative estimate of drug-likeness (QED) is 0.716. The molecule has 0 aromatic carbocycles. The van der Waals surface area contributed by atoms with Crippen molar-refractivity contribution in [1.82, 2.24) is 10.2 Å². The summed E-state index contributed by atoms with van der Waals surface area (Å²) >= 11 is 0. The van der Waals surface area contributed by atoms with Gasteiger partial charge < -0.3 is 19.3 Å². The summed E-state index contributed by atoms with van der Waals surface area (Å²) in [7, 11) is -3.35. The number of likely N-dealkylation sites (tertiary alicyclic amines) is 1. The SMILES string of the molecule is CCOP(=O)(CC(=O)NC1CCN(C(C)=O)CC1)OCC. The number of carbonyl (C=O) groups excluding carboxylic acids is 2. The molecule has 2 amide bonds. The number of nitrogens with zero attached hydrogens (tertiary/aromatic N) is 1. The molecule has 0 aromatic rings. The lowest BCUT2D eigenvalue weighted by Gasteiger charge is -2.31. The maximum Gasteiger partial charge on any atom is 0.340 e. The third-order valence-electron chi connectivity index (χ3n) is 3.29. The minimum absolute atomic E-state index is 0.00445. The molecule has 0 unspecified atom stereocenters. The first kappa shape index (κ1) is 18.1. The summed E-state index contributed by atoms with van der Waals surface area (Å²) in [5.41, 5.74) is 0. The van der Waals surface area contributed by atoms with Crippen molar-refractivity contribution in [2.24, 2.45) is 0 Å². The van der Waals surface area contributed by atoms with E-state index < -0.39 is 7.60 Å². The minimum Gasteiger partial charge on any atom is -0.353 e. The number of hydrogen-bond acceptors (Lipinski definition) is 5. The number of carbonyl (C=O) groups is 2. The number of rotatable bonds is 7. The molecule has 0 aliphatic carbocycles. The van der Waals surface area contributed by atoms with E-state index in [1.165, 1.54) is 0 Å². The predicted molar refractivity (Wildman–Crippen MR) is 79.1 cm³/mol. The Balaban J connectivity index is 2.43. The van der Waals surface area contributed by atoms with Gasteiger partial charge in [0.1, 0.15) is 6.16 Å². The van der Waals surface area contributed by atoms with E-state index in [2.05, 4.69) is 5.32 Å². The molecule has 1 N–H and O–H groups in total. The average Bonchev–Trinajstić information content (AvgIpc) is 2.39. The van der Waals surface area contributed by atoms with Crippen molar-refractivity contribution < 1.29 is 23.2 Å². The van der Waals surface area contributed by atoms with Gasteiger partial charge in [-0.2, -0.15) is 0 Å². The van der Waals surface area contributed by atoms with Crippen LogP contribution < -0.4 is 5.32 Å². The zero-order chi connectivity index (χ0) is 15.9. The Morgan fingerprint density at radius 1 is 1.19 bits per heavy atom. The van der Waals surface area contributed by atoms with E-state index in [-0.39, 0.29) is 37.2 Å². The van der Waals surface area contributed by atoms with Crippen molar-refractivity contribution in [3.05, 3.63) is 0 Å². The van der Waals surface area contributed by atoms with Gasteiger partial charge in [0, 0.05) is 26.1 Å². The van der Waals surface area contributed by atoms with Crippen LogP contribution in [0.15, 0.2) is 0 Å². The summed E-state index contributed by atoms with van der Waals surface area (Å²) in [6, 6.07) is 0.00445. The molecule has 1 fully saturated rings. The van der Waals surface area contributed by atoms with Gasteiger partial charge in [0.2, 0.25) is 11.8 Å². The molecule has 1 aliphatic heterocycles. The van der Waals surface area contributed by atoms with Crippen molar-refractivity contribution in [2.45, 2.75) is 39.7 Å². The van der Waals surface area contributed by atoms with E-state index in [1.807, 2.05) is 0 Å². The summed E-state index contributed by atoms with van der Waals surface area (Å²) in [6.45, 7) is 6.70.